The molecule has 1 atom stereocenters. The van der Waals surface area contributed by atoms with E-state index in [0.29, 0.717) is 12.1 Å². The summed E-state index contributed by atoms with van der Waals surface area (Å²) in [4.78, 5) is 26.9. The molecule has 1 unspecified atom stereocenters. The third-order valence-corrected chi connectivity index (χ3v) is 6.87. The molecule has 0 aromatic heterocycles. The van der Waals surface area contributed by atoms with Gasteiger partial charge in [0.1, 0.15) is 6.04 Å². The molecule has 0 fully saturated rings. The summed E-state index contributed by atoms with van der Waals surface area (Å²) in [6, 6.07) is 14.1. The van der Waals surface area contributed by atoms with Crippen molar-refractivity contribution in [3.05, 3.63) is 64.1 Å². The number of aryl methyl sites for hydroxylation is 1. The Kier molecular flexibility index (Phi) is 9.27. The lowest BCUT2D eigenvalue weighted by molar-refractivity contribution is -0.140. The van der Waals surface area contributed by atoms with E-state index in [9.17, 15) is 18.0 Å². The fourth-order valence-corrected chi connectivity index (χ4v) is 4.92. The van der Waals surface area contributed by atoms with Gasteiger partial charge in [0.2, 0.25) is 21.8 Å². The molecule has 0 radical (unpaired) electrons. The van der Waals surface area contributed by atoms with E-state index in [1.54, 1.807) is 19.1 Å². The first-order valence-electron chi connectivity index (χ1n) is 10.3. The number of halogens is 1. The van der Waals surface area contributed by atoms with Gasteiger partial charge in [-0.25, -0.2) is 8.42 Å². The monoisotopic (exact) mass is 523 g/mol. The number of sulfonamides is 1. The number of hydrogen-bond acceptors (Lipinski definition) is 4. The van der Waals surface area contributed by atoms with Crippen LogP contribution in [0.15, 0.2) is 53.0 Å². The molecule has 0 heterocycles. The molecule has 0 bridgehead atoms. The van der Waals surface area contributed by atoms with Crippen LogP contribution in [-0.4, -0.2) is 51.0 Å². The van der Waals surface area contributed by atoms with Crippen molar-refractivity contribution < 1.29 is 18.0 Å². The normalized spacial score (nSPS) is 12.2. The van der Waals surface area contributed by atoms with Crippen molar-refractivity contribution in [3.8, 4) is 0 Å². The van der Waals surface area contributed by atoms with E-state index in [4.69, 9.17) is 0 Å². The van der Waals surface area contributed by atoms with Crippen LogP contribution in [0.4, 0.5) is 5.69 Å². The van der Waals surface area contributed by atoms with E-state index in [1.165, 1.54) is 16.3 Å². The molecule has 0 aliphatic heterocycles. The molecule has 0 spiro atoms. The van der Waals surface area contributed by atoms with E-state index < -0.39 is 16.1 Å². The average molecular weight is 524 g/mol. The lowest BCUT2D eigenvalue weighted by Crippen LogP contribution is -2.46. The van der Waals surface area contributed by atoms with Crippen LogP contribution < -0.4 is 9.62 Å². The van der Waals surface area contributed by atoms with Crippen molar-refractivity contribution in [1.82, 2.24) is 10.2 Å². The number of para-hydroxylation sites is 1. The van der Waals surface area contributed by atoms with Crippen LogP contribution in [0.3, 0.4) is 0 Å². The Labute approximate surface area is 199 Å². The van der Waals surface area contributed by atoms with E-state index in [2.05, 4.69) is 21.2 Å². The van der Waals surface area contributed by atoms with Gasteiger partial charge in [-0.1, -0.05) is 46.3 Å². The molecule has 0 aliphatic carbocycles. The number of likely N-dealkylation sites (N-methyl/N-ethyl adjacent to an activating group) is 1. The van der Waals surface area contributed by atoms with Gasteiger partial charge in [-0.3, -0.25) is 13.9 Å². The van der Waals surface area contributed by atoms with E-state index >= 15 is 0 Å². The van der Waals surface area contributed by atoms with Gasteiger partial charge in [0, 0.05) is 31.0 Å². The topological polar surface area (TPSA) is 86.8 Å². The maximum atomic E-state index is 13.1. The van der Waals surface area contributed by atoms with Crippen LogP contribution in [0, 0.1) is 6.92 Å². The number of amides is 2. The van der Waals surface area contributed by atoms with Crippen molar-refractivity contribution in [2.24, 2.45) is 0 Å². The predicted octanol–water partition coefficient (Wildman–Crippen LogP) is 3.47. The minimum Gasteiger partial charge on any atom is -0.357 e. The molecule has 1 N–H and O–H groups in total. The van der Waals surface area contributed by atoms with Crippen molar-refractivity contribution in [2.75, 3.05) is 24.2 Å². The molecule has 2 amide bonds. The third-order valence-electron chi connectivity index (χ3n) is 5.19. The molecule has 0 aliphatic rings. The Morgan fingerprint density at radius 3 is 2.41 bits per heavy atom. The smallest absolute Gasteiger partial charge is 0.242 e. The first-order valence-corrected chi connectivity index (χ1v) is 13.0. The maximum Gasteiger partial charge on any atom is 0.242 e. The van der Waals surface area contributed by atoms with Gasteiger partial charge in [-0.15, -0.1) is 0 Å². The molecule has 174 valence electrons. The summed E-state index contributed by atoms with van der Waals surface area (Å²) in [5, 5.41) is 2.59. The van der Waals surface area contributed by atoms with Crippen LogP contribution in [-0.2, 0) is 26.2 Å². The number of hydrogen-bond donors (Lipinski definition) is 1. The average Bonchev–Trinajstić information content (AvgIpc) is 2.74. The summed E-state index contributed by atoms with van der Waals surface area (Å²) in [7, 11) is -1.97. The highest BCUT2D eigenvalue weighted by Crippen LogP contribution is 2.23. The van der Waals surface area contributed by atoms with Gasteiger partial charge in [-0.2, -0.15) is 0 Å². The molecular formula is C23H30BrN3O4S. The molecule has 32 heavy (non-hydrogen) atoms. The summed E-state index contributed by atoms with van der Waals surface area (Å²) >= 11 is 3.43. The second-order valence-corrected chi connectivity index (χ2v) is 10.5. The van der Waals surface area contributed by atoms with Gasteiger partial charge < -0.3 is 10.2 Å². The molecule has 0 saturated heterocycles. The molecule has 2 aromatic carbocycles. The lowest BCUT2D eigenvalue weighted by atomic mass is 10.1. The van der Waals surface area contributed by atoms with Gasteiger partial charge in [0.25, 0.3) is 0 Å². The Morgan fingerprint density at radius 2 is 1.81 bits per heavy atom. The number of anilines is 1. The predicted molar refractivity (Wildman–Crippen MR) is 131 cm³/mol. The highest BCUT2D eigenvalue weighted by molar-refractivity contribution is 9.10. The Hall–Kier alpha value is -2.39. The summed E-state index contributed by atoms with van der Waals surface area (Å²) in [5.74, 6) is -0.467. The summed E-state index contributed by atoms with van der Waals surface area (Å²) in [6.45, 7) is 3.99. The van der Waals surface area contributed by atoms with E-state index in [1.807, 2.05) is 43.3 Å². The molecule has 2 aromatic rings. The van der Waals surface area contributed by atoms with Crippen molar-refractivity contribution >= 4 is 43.5 Å². The first kappa shape index (κ1) is 25.9. The van der Waals surface area contributed by atoms with Crippen LogP contribution in [0.1, 0.15) is 30.9 Å². The largest absolute Gasteiger partial charge is 0.357 e. The Balaban J connectivity index is 2.15. The molecule has 0 saturated carbocycles. The highest BCUT2D eigenvalue weighted by atomic mass is 79.9. The van der Waals surface area contributed by atoms with Gasteiger partial charge in [0.05, 0.1) is 11.9 Å². The SMILES string of the molecule is CNC(=O)C(C)N(Cc1cccc(Br)c1)C(=O)CCCN(c1ccccc1C)S(C)(=O)=O. The van der Waals surface area contributed by atoms with Crippen molar-refractivity contribution in [3.63, 3.8) is 0 Å². The minimum absolute atomic E-state index is 0.118. The lowest BCUT2D eigenvalue weighted by Gasteiger charge is -2.29. The zero-order valence-corrected chi connectivity index (χ0v) is 21.2. The molecular weight excluding hydrogens is 494 g/mol. The van der Waals surface area contributed by atoms with Crippen LogP contribution in [0.2, 0.25) is 0 Å². The van der Waals surface area contributed by atoms with Gasteiger partial charge in [-0.05, 0) is 49.6 Å². The summed E-state index contributed by atoms with van der Waals surface area (Å²) in [5.41, 5.74) is 2.34. The van der Waals surface area contributed by atoms with Crippen LogP contribution in [0.25, 0.3) is 0 Å². The Bertz CT molecular complexity index is 1060. The fraction of sp³-hybridized carbons (Fsp3) is 0.391. The number of rotatable bonds is 10. The highest BCUT2D eigenvalue weighted by Gasteiger charge is 2.26. The minimum atomic E-state index is -3.51. The number of carbonyl (C=O) groups is 2. The number of carbonyl (C=O) groups excluding carboxylic acids is 2. The van der Waals surface area contributed by atoms with Crippen LogP contribution in [0.5, 0.6) is 0 Å². The van der Waals surface area contributed by atoms with Gasteiger partial charge >= 0.3 is 0 Å². The van der Waals surface area contributed by atoms with Crippen molar-refractivity contribution in [1.29, 1.82) is 0 Å². The zero-order chi connectivity index (χ0) is 23.9. The maximum absolute atomic E-state index is 13.1. The summed E-state index contributed by atoms with van der Waals surface area (Å²) < 4.78 is 27.0. The first-order chi connectivity index (χ1) is 15.0. The zero-order valence-electron chi connectivity index (χ0n) is 18.8. The van der Waals surface area contributed by atoms with Crippen LogP contribution >= 0.6 is 15.9 Å². The molecule has 9 heteroatoms. The standard InChI is InChI=1S/C23H30BrN3O4S/c1-17-9-5-6-12-21(17)27(32(4,30)31)14-8-13-22(28)26(18(2)23(29)25-3)16-19-10-7-11-20(24)15-19/h5-7,9-12,15,18H,8,13-14,16H2,1-4H3,(H,25,29). The number of nitrogens with one attached hydrogen (secondary N) is 1. The second-order valence-electron chi connectivity index (χ2n) is 7.67. The Morgan fingerprint density at radius 1 is 1.12 bits per heavy atom. The van der Waals surface area contributed by atoms with E-state index in [0.717, 1.165) is 21.9 Å². The molecule has 7 nitrogen and oxygen atoms in total. The summed E-state index contributed by atoms with van der Waals surface area (Å²) in [6.07, 6.45) is 1.61. The van der Waals surface area contributed by atoms with E-state index in [-0.39, 0.29) is 31.3 Å². The molecule has 2 rings (SSSR count). The van der Waals surface area contributed by atoms with Gasteiger partial charge in [0.15, 0.2) is 0 Å². The fourth-order valence-electron chi connectivity index (χ4n) is 3.45. The second kappa shape index (κ2) is 11.5. The number of benzene rings is 2. The quantitative estimate of drug-likeness (QED) is 0.516. The third kappa shape index (κ3) is 7.06. The van der Waals surface area contributed by atoms with Crippen molar-refractivity contribution in [2.45, 2.75) is 39.3 Å². The number of nitrogens with zero attached hydrogens (tertiary/aromatic N) is 2.